The fraction of sp³-hybridized carbons (Fsp3) is 0.667. The Bertz CT molecular complexity index is 433. The molecule has 1 amide bonds. The van der Waals surface area contributed by atoms with E-state index in [0.29, 0.717) is 6.04 Å². The number of rotatable bonds is 4. The predicted molar refractivity (Wildman–Crippen MR) is 81.3 cm³/mol. The zero-order chi connectivity index (χ0) is 13.8. The number of halogens is 1. The van der Waals surface area contributed by atoms with Gasteiger partial charge >= 0.3 is 0 Å². The normalized spacial score (nSPS) is 23.3. The average Bonchev–Trinajstić information content (AvgIpc) is 2.74. The number of nitrogens with one attached hydrogen (secondary N) is 1. The summed E-state index contributed by atoms with van der Waals surface area (Å²) in [5, 5.41) is 3.19. The van der Waals surface area contributed by atoms with E-state index in [1.807, 2.05) is 16.8 Å². The van der Waals surface area contributed by atoms with Crippen LogP contribution in [0.3, 0.4) is 0 Å². The van der Waals surface area contributed by atoms with Crippen LogP contribution in [0, 0.1) is 5.92 Å². The van der Waals surface area contributed by atoms with Crippen LogP contribution in [0.15, 0.2) is 16.7 Å². The van der Waals surface area contributed by atoms with Crippen LogP contribution in [-0.2, 0) is 6.54 Å². The van der Waals surface area contributed by atoms with Crippen molar-refractivity contribution in [2.24, 2.45) is 5.92 Å². The van der Waals surface area contributed by atoms with E-state index in [2.05, 4.69) is 35.1 Å². The van der Waals surface area contributed by atoms with Crippen molar-refractivity contribution in [3.05, 3.63) is 22.4 Å². The number of aryl methyl sites for hydroxylation is 1. The first-order valence-corrected chi connectivity index (χ1v) is 8.06. The summed E-state index contributed by atoms with van der Waals surface area (Å²) in [5.41, 5.74) is 0.771. The molecular weight excluding hydrogens is 304 g/mol. The topological polar surface area (TPSA) is 34.0 Å². The molecule has 0 spiro atoms. The molecular formula is C15H23BrN2O. The number of carbonyl (C=O) groups excluding carboxylic acids is 1. The molecule has 0 bridgehead atoms. The zero-order valence-electron chi connectivity index (χ0n) is 11.8. The van der Waals surface area contributed by atoms with E-state index < -0.39 is 0 Å². The van der Waals surface area contributed by atoms with E-state index in [0.717, 1.165) is 41.9 Å². The number of nitrogens with zero attached hydrogens (tertiary/aromatic N) is 1. The third-order valence-electron chi connectivity index (χ3n) is 3.91. The summed E-state index contributed by atoms with van der Waals surface area (Å²) in [6.07, 6.45) is 7.70. The maximum absolute atomic E-state index is 12.4. The monoisotopic (exact) mass is 326 g/mol. The second-order valence-electron chi connectivity index (χ2n) is 5.67. The largest absolute Gasteiger partial charge is 0.348 e. The van der Waals surface area contributed by atoms with Gasteiger partial charge in [0.25, 0.3) is 5.91 Å². The van der Waals surface area contributed by atoms with Gasteiger partial charge in [0, 0.05) is 23.3 Å². The maximum atomic E-state index is 12.4. The van der Waals surface area contributed by atoms with Crippen molar-refractivity contribution >= 4 is 21.8 Å². The Morgan fingerprint density at radius 3 is 2.74 bits per heavy atom. The highest BCUT2D eigenvalue weighted by Crippen LogP contribution is 2.24. The van der Waals surface area contributed by atoms with Gasteiger partial charge in [-0.1, -0.05) is 13.8 Å². The standard InChI is InChI=1S/C15H23BrN2O/c1-3-8-18-10-12(16)9-14(18)15(19)17-13-6-4-11(2)5-7-13/h9-11,13H,3-8H2,1-2H3,(H,17,19). The molecule has 1 aromatic heterocycles. The first-order valence-electron chi connectivity index (χ1n) is 7.26. The molecule has 0 atom stereocenters. The number of amides is 1. The second-order valence-corrected chi connectivity index (χ2v) is 6.58. The molecule has 0 aliphatic heterocycles. The minimum absolute atomic E-state index is 0.0682. The van der Waals surface area contributed by atoms with Crippen molar-refractivity contribution in [1.29, 1.82) is 0 Å². The molecule has 0 unspecified atom stereocenters. The van der Waals surface area contributed by atoms with Crippen molar-refractivity contribution in [3.8, 4) is 0 Å². The Morgan fingerprint density at radius 1 is 1.42 bits per heavy atom. The molecule has 1 aliphatic carbocycles. The van der Waals surface area contributed by atoms with Crippen LogP contribution in [-0.4, -0.2) is 16.5 Å². The van der Waals surface area contributed by atoms with Gasteiger partial charge in [-0.15, -0.1) is 0 Å². The quantitative estimate of drug-likeness (QED) is 0.892. The van der Waals surface area contributed by atoms with Crippen molar-refractivity contribution in [1.82, 2.24) is 9.88 Å². The molecule has 1 aromatic rings. The van der Waals surface area contributed by atoms with E-state index in [9.17, 15) is 4.79 Å². The molecule has 1 N–H and O–H groups in total. The SMILES string of the molecule is CCCn1cc(Br)cc1C(=O)NC1CCC(C)CC1. The highest BCUT2D eigenvalue weighted by atomic mass is 79.9. The van der Waals surface area contributed by atoms with Gasteiger partial charge in [0.1, 0.15) is 5.69 Å². The van der Waals surface area contributed by atoms with Crippen molar-refractivity contribution in [2.75, 3.05) is 0 Å². The molecule has 0 aromatic carbocycles. The van der Waals surface area contributed by atoms with E-state index in [1.165, 1.54) is 12.8 Å². The van der Waals surface area contributed by atoms with Crippen LogP contribution in [0.2, 0.25) is 0 Å². The van der Waals surface area contributed by atoms with Gasteiger partial charge in [-0.05, 0) is 60.0 Å². The van der Waals surface area contributed by atoms with Crippen LogP contribution >= 0.6 is 15.9 Å². The molecule has 1 heterocycles. The lowest BCUT2D eigenvalue weighted by atomic mass is 9.87. The van der Waals surface area contributed by atoms with E-state index >= 15 is 0 Å². The van der Waals surface area contributed by atoms with E-state index in [4.69, 9.17) is 0 Å². The van der Waals surface area contributed by atoms with Gasteiger partial charge < -0.3 is 9.88 Å². The molecule has 2 rings (SSSR count). The van der Waals surface area contributed by atoms with Crippen LogP contribution in [0.1, 0.15) is 56.4 Å². The Labute approximate surface area is 123 Å². The molecule has 1 aliphatic rings. The fourth-order valence-electron chi connectivity index (χ4n) is 2.75. The molecule has 1 saturated carbocycles. The molecule has 19 heavy (non-hydrogen) atoms. The van der Waals surface area contributed by atoms with E-state index in [-0.39, 0.29) is 5.91 Å². The van der Waals surface area contributed by atoms with Gasteiger partial charge in [0.05, 0.1) is 0 Å². The van der Waals surface area contributed by atoms with Crippen molar-refractivity contribution in [3.63, 3.8) is 0 Å². The third-order valence-corrected chi connectivity index (χ3v) is 4.35. The van der Waals surface area contributed by atoms with Gasteiger partial charge in [0.2, 0.25) is 0 Å². The van der Waals surface area contributed by atoms with Crippen molar-refractivity contribution in [2.45, 2.75) is 58.5 Å². The summed E-state index contributed by atoms with van der Waals surface area (Å²) >= 11 is 3.45. The third kappa shape index (κ3) is 3.85. The Balaban J connectivity index is 1.99. The maximum Gasteiger partial charge on any atom is 0.268 e. The summed E-state index contributed by atoms with van der Waals surface area (Å²) in [7, 11) is 0. The minimum Gasteiger partial charge on any atom is -0.348 e. The summed E-state index contributed by atoms with van der Waals surface area (Å²) < 4.78 is 3.01. The van der Waals surface area contributed by atoms with Crippen LogP contribution < -0.4 is 5.32 Å². The van der Waals surface area contributed by atoms with Gasteiger partial charge in [-0.25, -0.2) is 0 Å². The lowest BCUT2D eigenvalue weighted by molar-refractivity contribution is 0.0913. The number of aromatic nitrogens is 1. The number of hydrogen-bond acceptors (Lipinski definition) is 1. The summed E-state index contributed by atoms with van der Waals surface area (Å²) in [6, 6.07) is 2.27. The lowest BCUT2D eigenvalue weighted by Crippen LogP contribution is -2.38. The van der Waals surface area contributed by atoms with Gasteiger partial charge in [-0.3, -0.25) is 4.79 Å². The molecule has 0 saturated heterocycles. The molecule has 0 radical (unpaired) electrons. The van der Waals surface area contributed by atoms with Crippen LogP contribution in [0.25, 0.3) is 0 Å². The smallest absolute Gasteiger partial charge is 0.268 e. The first-order chi connectivity index (χ1) is 9.10. The Hall–Kier alpha value is -0.770. The fourth-order valence-corrected chi connectivity index (χ4v) is 3.22. The number of carbonyl (C=O) groups is 1. The summed E-state index contributed by atoms with van der Waals surface area (Å²) in [4.78, 5) is 12.4. The zero-order valence-corrected chi connectivity index (χ0v) is 13.4. The first kappa shape index (κ1) is 14.6. The second kappa shape index (κ2) is 6.60. The van der Waals surface area contributed by atoms with Crippen molar-refractivity contribution < 1.29 is 4.79 Å². The highest BCUT2D eigenvalue weighted by Gasteiger charge is 2.21. The lowest BCUT2D eigenvalue weighted by Gasteiger charge is -2.27. The Kier molecular flexibility index (Phi) is 5.08. The predicted octanol–water partition coefficient (Wildman–Crippen LogP) is 3.97. The minimum atomic E-state index is 0.0682. The van der Waals surface area contributed by atoms with Crippen LogP contribution in [0.5, 0.6) is 0 Å². The molecule has 106 valence electrons. The molecule has 3 nitrogen and oxygen atoms in total. The van der Waals surface area contributed by atoms with Gasteiger partial charge in [0.15, 0.2) is 0 Å². The average molecular weight is 327 g/mol. The summed E-state index contributed by atoms with van der Waals surface area (Å²) in [5.74, 6) is 0.880. The highest BCUT2D eigenvalue weighted by molar-refractivity contribution is 9.10. The molecule has 4 heteroatoms. The van der Waals surface area contributed by atoms with Crippen LogP contribution in [0.4, 0.5) is 0 Å². The Morgan fingerprint density at radius 2 is 2.11 bits per heavy atom. The molecule has 1 fully saturated rings. The van der Waals surface area contributed by atoms with E-state index in [1.54, 1.807) is 0 Å². The van der Waals surface area contributed by atoms with Gasteiger partial charge in [-0.2, -0.15) is 0 Å². The summed E-state index contributed by atoms with van der Waals surface area (Å²) in [6.45, 7) is 5.30. The number of hydrogen-bond donors (Lipinski definition) is 1.